The van der Waals surface area contributed by atoms with Crippen molar-refractivity contribution in [2.24, 2.45) is 0 Å². The molecule has 2 rings (SSSR count). The molecule has 0 aliphatic heterocycles. The third-order valence-corrected chi connectivity index (χ3v) is 3.66. The van der Waals surface area contributed by atoms with Crippen LogP contribution in [-0.2, 0) is 6.42 Å². The minimum Gasteiger partial charge on any atom is -0.508 e. The van der Waals surface area contributed by atoms with Crippen LogP contribution in [0.3, 0.4) is 0 Å². The molecular formula is C16H16BrNO2. The smallest absolute Gasteiger partial charge is 0.255 e. The number of phenolic OH excluding ortho intramolecular Hbond substituents is 1. The largest absolute Gasteiger partial charge is 0.508 e. The van der Waals surface area contributed by atoms with Crippen molar-refractivity contribution in [2.75, 3.05) is 5.32 Å². The molecule has 0 saturated carbocycles. The van der Waals surface area contributed by atoms with Gasteiger partial charge in [0.1, 0.15) is 5.75 Å². The van der Waals surface area contributed by atoms with Gasteiger partial charge in [0.2, 0.25) is 0 Å². The van der Waals surface area contributed by atoms with E-state index in [2.05, 4.69) is 21.2 Å². The van der Waals surface area contributed by atoms with Gasteiger partial charge in [0, 0.05) is 15.7 Å². The average molecular weight is 334 g/mol. The van der Waals surface area contributed by atoms with E-state index in [0.717, 1.165) is 27.7 Å². The number of halogens is 1. The highest BCUT2D eigenvalue weighted by molar-refractivity contribution is 9.10. The molecule has 0 bridgehead atoms. The van der Waals surface area contributed by atoms with Gasteiger partial charge in [0.25, 0.3) is 5.91 Å². The number of anilines is 1. The molecule has 2 aromatic carbocycles. The molecule has 2 aromatic rings. The topological polar surface area (TPSA) is 49.3 Å². The van der Waals surface area contributed by atoms with Gasteiger partial charge in [-0.1, -0.05) is 28.9 Å². The summed E-state index contributed by atoms with van der Waals surface area (Å²) in [4.78, 5) is 12.2. The van der Waals surface area contributed by atoms with E-state index in [-0.39, 0.29) is 11.7 Å². The molecule has 0 aliphatic carbocycles. The number of amides is 1. The van der Waals surface area contributed by atoms with E-state index in [9.17, 15) is 9.90 Å². The Morgan fingerprint density at radius 1 is 1.25 bits per heavy atom. The zero-order chi connectivity index (χ0) is 14.7. The number of nitrogens with one attached hydrogen (secondary N) is 1. The summed E-state index contributed by atoms with van der Waals surface area (Å²) in [7, 11) is 0. The van der Waals surface area contributed by atoms with Gasteiger partial charge in [-0.05, 0) is 54.8 Å². The minimum atomic E-state index is -0.225. The van der Waals surface area contributed by atoms with E-state index < -0.39 is 0 Å². The molecule has 0 atom stereocenters. The van der Waals surface area contributed by atoms with Gasteiger partial charge in [-0.25, -0.2) is 0 Å². The Labute approximate surface area is 126 Å². The number of carbonyl (C=O) groups excluding carboxylic acids is 1. The molecule has 0 heterocycles. The minimum absolute atomic E-state index is 0.129. The summed E-state index contributed by atoms with van der Waals surface area (Å²) in [5.41, 5.74) is 3.04. The fraction of sp³-hybridized carbons (Fsp3) is 0.188. The maximum absolute atomic E-state index is 12.2. The van der Waals surface area contributed by atoms with Crippen LogP contribution in [0.25, 0.3) is 0 Å². The third-order valence-electron chi connectivity index (χ3n) is 3.17. The Hall–Kier alpha value is -1.81. The van der Waals surface area contributed by atoms with E-state index >= 15 is 0 Å². The van der Waals surface area contributed by atoms with E-state index in [1.807, 2.05) is 25.1 Å². The van der Waals surface area contributed by atoms with Crippen molar-refractivity contribution in [3.05, 3.63) is 57.6 Å². The molecule has 0 unspecified atom stereocenters. The molecule has 0 radical (unpaired) electrons. The van der Waals surface area contributed by atoms with Crippen molar-refractivity contribution in [1.82, 2.24) is 0 Å². The van der Waals surface area contributed by atoms with Crippen LogP contribution < -0.4 is 5.32 Å². The van der Waals surface area contributed by atoms with Gasteiger partial charge < -0.3 is 10.4 Å². The predicted octanol–water partition coefficient (Wildman–Crippen LogP) is 4.28. The normalized spacial score (nSPS) is 10.3. The summed E-state index contributed by atoms with van der Waals surface area (Å²) >= 11 is 3.42. The van der Waals surface area contributed by atoms with Crippen LogP contribution in [0.5, 0.6) is 5.75 Å². The standard InChI is InChI=1S/C16H16BrNO2/c1-3-11-8-13(17)6-7-14(11)18-16(20)12-5-4-10(2)15(19)9-12/h4-9,19H,3H2,1-2H3,(H,18,20). The first kappa shape index (κ1) is 14.6. The van der Waals surface area contributed by atoms with Crippen molar-refractivity contribution in [1.29, 1.82) is 0 Å². The maximum atomic E-state index is 12.2. The number of carbonyl (C=O) groups is 1. The quantitative estimate of drug-likeness (QED) is 0.880. The Morgan fingerprint density at radius 2 is 2.00 bits per heavy atom. The fourth-order valence-electron chi connectivity index (χ4n) is 1.92. The number of phenols is 1. The fourth-order valence-corrected chi connectivity index (χ4v) is 2.33. The Kier molecular flexibility index (Phi) is 4.45. The van der Waals surface area contributed by atoms with Crippen LogP contribution >= 0.6 is 15.9 Å². The van der Waals surface area contributed by atoms with Crippen LogP contribution in [-0.4, -0.2) is 11.0 Å². The van der Waals surface area contributed by atoms with Crippen molar-refractivity contribution in [3.8, 4) is 5.75 Å². The molecule has 20 heavy (non-hydrogen) atoms. The second-order valence-electron chi connectivity index (χ2n) is 4.61. The summed E-state index contributed by atoms with van der Waals surface area (Å²) < 4.78 is 0.986. The van der Waals surface area contributed by atoms with Gasteiger partial charge in [0.05, 0.1) is 0 Å². The Morgan fingerprint density at radius 3 is 2.65 bits per heavy atom. The van der Waals surface area contributed by atoms with Gasteiger partial charge >= 0.3 is 0 Å². The van der Waals surface area contributed by atoms with E-state index in [1.165, 1.54) is 6.07 Å². The third kappa shape index (κ3) is 3.20. The first-order valence-electron chi connectivity index (χ1n) is 6.40. The van der Waals surface area contributed by atoms with E-state index in [4.69, 9.17) is 0 Å². The lowest BCUT2D eigenvalue weighted by Crippen LogP contribution is -2.13. The molecular weight excluding hydrogens is 318 g/mol. The molecule has 0 fully saturated rings. The predicted molar refractivity (Wildman–Crippen MR) is 84.3 cm³/mol. The lowest BCUT2D eigenvalue weighted by atomic mass is 10.1. The molecule has 0 aliphatic rings. The summed E-state index contributed by atoms with van der Waals surface area (Å²) in [6.07, 6.45) is 0.828. The zero-order valence-electron chi connectivity index (χ0n) is 11.4. The van der Waals surface area contributed by atoms with E-state index in [1.54, 1.807) is 19.1 Å². The summed E-state index contributed by atoms with van der Waals surface area (Å²) in [5, 5.41) is 12.5. The Balaban J connectivity index is 2.25. The van der Waals surface area contributed by atoms with Crippen LogP contribution in [0.4, 0.5) is 5.69 Å². The number of benzene rings is 2. The van der Waals surface area contributed by atoms with Gasteiger partial charge in [0.15, 0.2) is 0 Å². The van der Waals surface area contributed by atoms with E-state index in [0.29, 0.717) is 5.56 Å². The van der Waals surface area contributed by atoms with Crippen molar-refractivity contribution >= 4 is 27.5 Å². The van der Waals surface area contributed by atoms with Crippen LogP contribution in [0.1, 0.15) is 28.4 Å². The number of hydrogen-bond donors (Lipinski definition) is 2. The molecule has 3 nitrogen and oxygen atoms in total. The highest BCUT2D eigenvalue weighted by Crippen LogP contribution is 2.23. The Bertz CT molecular complexity index is 653. The highest BCUT2D eigenvalue weighted by Gasteiger charge is 2.10. The SMILES string of the molecule is CCc1cc(Br)ccc1NC(=O)c1ccc(C)c(O)c1. The second kappa shape index (κ2) is 6.09. The van der Waals surface area contributed by atoms with Crippen molar-refractivity contribution in [3.63, 3.8) is 0 Å². The first-order chi connectivity index (χ1) is 9.51. The summed E-state index contributed by atoms with van der Waals surface area (Å²) in [6, 6.07) is 10.7. The average Bonchev–Trinajstić information content (AvgIpc) is 2.43. The highest BCUT2D eigenvalue weighted by atomic mass is 79.9. The summed E-state index contributed by atoms with van der Waals surface area (Å²) in [6.45, 7) is 3.83. The molecule has 0 saturated heterocycles. The van der Waals surface area contributed by atoms with Gasteiger partial charge in [-0.2, -0.15) is 0 Å². The molecule has 1 amide bonds. The lowest BCUT2D eigenvalue weighted by molar-refractivity contribution is 0.102. The molecule has 0 aromatic heterocycles. The van der Waals surface area contributed by atoms with Crippen LogP contribution in [0.15, 0.2) is 40.9 Å². The van der Waals surface area contributed by atoms with Gasteiger partial charge in [-0.15, -0.1) is 0 Å². The first-order valence-corrected chi connectivity index (χ1v) is 7.20. The summed E-state index contributed by atoms with van der Waals surface area (Å²) in [5.74, 6) is -0.0958. The number of rotatable bonds is 3. The number of aryl methyl sites for hydroxylation is 2. The molecule has 2 N–H and O–H groups in total. The molecule has 4 heteroatoms. The number of hydrogen-bond acceptors (Lipinski definition) is 2. The molecule has 0 spiro atoms. The maximum Gasteiger partial charge on any atom is 0.255 e. The lowest BCUT2D eigenvalue weighted by Gasteiger charge is -2.11. The number of aromatic hydroxyl groups is 1. The zero-order valence-corrected chi connectivity index (χ0v) is 13.0. The van der Waals surface area contributed by atoms with Crippen LogP contribution in [0.2, 0.25) is 0 Å². The van der Waals surface area contributed by atoms with Crippen LogP contribution in [0, 0.1) is 6.92 Å². The second-order valence-corrected chi connectivity index (χ2v) is 5.53. The molecule has 104 valence electrons. The van der Waals surface area contributed by atoms with Gasteiger partial charge in [-0.3, -0.25) is 4.79 Å². The van der Waals surface area contributed by atoms with Crippen molar-refractivity contribution in [2.45, 2.75) is 20.3 Å². The van der Waals surface area contributed by atoms with Crippen molar-refractivity contribution < 1.29 is 9.90 Å². The monoisotopic (exact) mass is 333 g/mol.